The molecule has 1 N–H and O–H groups in total. The second kappa shape index (κ2) is 15.3. The van der Waals surface area contributed by atoms with Gasteiger partial charge in [0.05, 0.1) is 11.9 Å². The van der Waals surface area contributed by atoms with Crippen LogP contribution in [0.4, 0.5) is 14.5 Å². The summed E-state index contributed by atoms with van der Waals surface area (Å²) in [5.74, 6) is -3.09. The van der Waals surface area contributed by atoms with Crippen molar-refractivity contribution < 1.29 is 26.8 Å². The van der Waals surface area contributed by atoms with Crippen LogP contribution < -0.4 is 9.62 Å². The van der Waals surface area contributed by atoms with E-state index in [1.54, 1.807) is 18.2 Å². The van der Waals surface area contributed by atoms with Gasteiger partial charge in [-0.1, -0.05) is 66.5 Å². The summed E-state index contributed by atoms with van der Waals surface area (Å²) in [6.45, 7) is 2.09. The zero-order valence-corrected chi connectivity index (χ0v) is 25.7. The van der Waals surface area contributed by atoms with E-state index in [4.69, 9.17) is 23.2 Å². The number of rotatable bonds is 14. The molecule has 1 atom stereocenters. The first-order valence-corrected chi connectivity index (χ1v) is 16.0. The Kier molecular flexibility index (Phi) is 12.1. The SMILES string of the molecule is CCCNC(=O)[C@H](Cc1ccccc1)N(Cc1c(Cl)cccc1Cl)C(=O)CCCN(c1ccc(F)c(F)c1)S(C)(=O)=O. The summed E-state index contributed by atoms with van der Waals surface area (Å²) < 4.78 is 53.2. The number of hydrogen-bond donors (Lipinski definition) is 1. The predicted molar refractivity (Wildman–Crippen MR) is 162 cm³/mol. The van der Waals surface area contributed by atoms with Crippen molar-refractivity contribution in [2.75, 3.05) is 23.7 Å². The van der Waals surface area contributed by atoms with Crippen LogP contribution in [0.15, 0.2) is 66.7 Å². The molecule has 0 saturated heterocycles. The number of benzene rings is 3. The van der Waals surface area contributed by atoms with Gasteiger partial charge in [0.2, 0.25) is 21.8 Å². The number of nitrogens with one attached hydrogen (secondary N) is 1. The quantitative estimate of drug-likeness (QED) is 0.235. The highest BCUT2D eigenvalue weighted by atomic mass is 35.5. The Morgan fingerprint density at radius 2 is 1.62 bits per heavy atom. The van der Waals surface area contributed by atoms with Crippen LogP contribution in [0.2, 0.25) is 10.0 Å². The largest absolute Gasteiger partial charge is 0.354 e. The lowest BCUT2D eigenvalue weighted by Crippen LogP contribution is -2.50. The van der Waals surface area contributed by atoms with Gasteiger partial charge in [-0.05, 0) is 42.7 Å². The molecule has 7 nitrogen and oxygen atoms in total. The Balaban J connectivity index is 1.92. The Morgan fingerprint density at radius 1 is 0.952 bits per heavy atom. The second-order valence-electron chi connectivity index (χ2n) is 9.76. The number of sulfonamides is 1. The van der Waals surface area contributed by atoms with E-state index >= 15 is 0 Å². The van der Waals surface area contributed by atoms with E-state index in [-0.39, 0.29) is 43.9 Å². The minimum atomic E-state index is -3.89. The zero-order chi connectivity index (χ0) is 30.9. The lowest BCUT2D eigenvalue weighted by molar-refractivity contribution is -0.141. The van der Waals surface area contributed by atoms with Gasteiger partial charge < -0.3 is 10.2 Å². The summed E-state index contributed by atoms with van der Waals surface area (Å²) in [7, 11) is -3.89. The Bertz CT molecular complexity index is 1470. The number of carbonyl (C=O) groups excluding carboxylic acids is 2. The van der Waals surface area contributed by atoms with Gasteiger partial charge in [0, 0.05) is 54.2 Å². The number of amides is 2. The highest BCUT2D eigenvalue weighted by Crippen LogP contribution is 2.28. The topological polar surface area (TPSA) is 86.8 Å². The molecule has 226 valence electrons. The summed E-state index contributed by atoms with van der Waals surface area (Å²) in [5, 5.41) is 3.53. The molecule has 0 saturated carbocycles. The molecule has 0 aromatic heterocycles. The number of halogens is 4. The van der Waals surface area contributed by atoms with Crippen LogP contribution in [0, 0.1) is 11.6 Å². The van der Waals surface area contributed by atoms with Gasteiger partial charge in [-0.15, -0.1) is 0 Å². The van der Waals surface area contributed by atoms with Gasteiger partial charge in [0.15, 0.2) is 11.6 Å². The van der Waals surface area contributed by atoms with Crippen LogP contribution in [0.25, 0.3) is 0 Å². The Labute approximate surface area is 255 Å². The molecule has 12 heteroatoms. The molecule has 2 amide bonds. The van der Waals surface area contributed by atoms with Crippen molar-refractivity contribution in [2.45, 2.75) is 45.2 Å². The van der Waals surface area contributed by atoms with Crippen LogP contribution in [-0.4, -0.2) is 50.5 Å². The van der Waals surface area contributed by atoms with Crippen molar-refractivity contribution in [3.05, 3.63) is 99.5 Å². The first kappa shape index (κ1) is 33.3. The van der Waals surface area contributed by atoms with Crippen molar-refractivity contribution in [1.29, 1.82) is 0 Å². The van der Waals surface area contributed by atoms with E-state index in [2.05, 4.69) is 5.32 Å². The first-order valence-electron chi connectivity index (χ1n) is 13.4. The van der Waals surface area contributed by atoms with Gasteiger partial charge in [0.1, 0.15) is 6.04 Å². The number of hydrogen-bond acceptors (Lipinski definition) is 4. The molecule has 0 fully saturated rings. The minimum absolute atomic E-state index is 0.0340. The van der Waals surface area contributed by atoms with Crippen LogP contribution in [0.3, 0.4) is 0 Å². The second-order valence-corrected chi connectivity index (χ2v) is 12.5. The summed E-state index contributed by atoms with van der Waals surface area (Å²) in [5.41, 5.74) is 1.23. The van der Waals surface area contributed by atoms with Crippen LogP contribution >= 0.6 is 23.2 Å². The Morgan fingerprint density at radius 3 is 2.21 bits per heavy atom. The van der Waals surface area contributed by atoms with E-state index in [9.17, 15) is 26.8 Å². The van der Waals surface area contributed by atoms with Crippen LogP contribution in [0.5, 0.6) is 0 Å². The maximum absolute atomic E-state index is 13.9. The third-order valence-corrected chi connectivity index (χ3v) is 8.46. The highest BCUT2D eigenvalue weighted by molar-refractivity contribution is 7.92. The summed E-state index contributed by atoms with van der Waals surface area (Å²) in [6, 6.07) is 16.1. The van der Waals surface area contributed by atoms with E-state index in [1.807, 2.05) is 37.3 Å². The maximum Gasteiger partial charge on any atom is 0.243 e. The Hall–Kier alpha value is -3.21. The smallest absolute Gasteiger partial charge is 0.243 e. The van der Waals surface area contributed by atoms with Crippen LogP contribution in [-0.2, 0) is 32.6 Å². The molecule has 0 heterocycles. The zero-order valence-electron chi connectivity index (χ0n) is 23.3. The van der Waals surface area contributed by atoms with Crippen molar-refractivity contribution in [1.82, 2.24) is 10.2 Å². The average molecular weight is 641 g/mol. The number of carbonyl (C=O) groups is 2. The molecule has 3 aromatic rings. The fraction of sp³-hybridized carbons (Fsp3) is 0.333. The van der Waals surface area contributed by atoms with Crippen molar-refractivity contribution in [3.8, 4) is 0 Å². The molecule has 3 aromatic carbocycles. The summed E-state index contributed by atoms with van der Waals surface area (Å²) >= 11 is 12.9. The molecule has 0 spiro atoms. The van der Waals surface area contributed by atoms with Gasteiger partial charge >= 0.3 is 0 Å². The predicted octanol–water partition coefficient (Wildman–Crippen LogP) is 5.98. The number of nitrogens with zero attached hydrogens (tertiary/aromatic N) is 2. The van der Waals surface area contributed by atoms with E-state index in [0.29, 0.717) is 28.6 Å². The van der Waals surface area contributed by atoms with Gasteiger partial charge in [-0.3, -0.25) is 13.9 Å². The fourth-order valence-electron chi connectivity index (χ4n) is 4.42. The van der Waals surface area contributed by atoms with Crippen molar-refractivity contribution in [3.63, 3.8) is 0 Å². The lowest BCUT2D eigenvalue weighted by Gasteiger charge is -2.32. The standard InChI is InChI=1S/C30H33Cl2F2N3O4S/c1-3-16-35-30(39)28(18-21-9-5-4-6-10-21)36(20-23-24(31)11-7-12-25(23)32)29(38)13-8-17-37(42(2,40)41)22-14-15-26(33)27(34)19-22/h4-7,9-12,14-15,19,28H,3,8,13,16-18,20H2,1-2H3,(H,35,39)/t28-/m0/s1. The summed E-state index contributed by atoms with van der Waals surface area (Å²) in [4.78, 5) is 28.7. The number of anilines is 1. The maximum atomic E-state index is 13.9. The van der Waals surface area contributed by atoms with Crippen molar-refractivity contribution >= 4 is 50.7 Å². The normalized spacial score (nSPS) is 12.0. The van der Waals surface area contributed by atoms with E-state index < -0.39 is 33.6 Å². The molecule has 42 heavy (non-hydrogen) atoms. The van der Waals surface area contributed by atoms with E-state index in [0.717, 1.165) is 34.3 Å². The summed E-state index contributed by atoms with van der Waals surface area (Å²) in [6.07, 6.45) is 1.74. The molecule has 0 aliphatic heterocycles. The first-order chi connectivity index (χ1) is 19.9. The molecular weight excluding hydrogens is 607 g/mol. The van der Waals surface area contributed by atoms with Gasteiger partial charge in [-0.25, -0.2) is 17.2 Å². The van der Waals surface area contributed by atoms with Gasteiger partial charge in [0.25, 0.3) is 0 Å². The molecule has 0 aliphatic carbocycles. The third-order valence-electron chi connectivity index (χ3n) is 6.55. The molecule has 0 bridgehead atoms. The van der Waals surface area contributed by atoms with Crippen molar-refractivity contribution in [2.24, 2.45) is 0 Å². The molecule has 0 radical (unpaired) electrons. The van der Waals surface area contributed by atoms with Gasteiger partial charge in [-0.2, -0.15) is 0 Å². The monoisotopic (exact) mass is 639 g/mol. The minimum Gasteiger partial charge on any atom is -0.354 e. The van der Waals surface area contributed by atoms with E-state index in [1.165, 1.54) is 4.90 Å². The molecule has 3 rings (SSSR count). The molecule has 0 unspecified atom stereocenters. The molecular formula is C30H33Cl2F2N3O4S. The lowest BCUT2D eigenvalue weighted by atomic mass is 10.0. The fourth-order valence-corrected chi connectivity index (χ4v) is 5.89. The third kappa shape index (κ3) is 9.14. The highest BCUT2D eigenvalue weighted by Gasteiger charge is 2.31. The average Bonchev–Trinajstić information content (AvgIpc) is 2.94. The molecule has 0 aliphatic rings. The van der Waals surface area contributed by atoms with Crippen LogP contribution in [0.1, 0.15) is 37.3 Å².